The summed E-state index contributed by atoms with van der Waals surface area (Å²) in [5.41, 5.74) is 1.81. The molecule has 2 nitrogen and oxygen atoms in total. The van der Waals surface area contributed by atoms with E-state index in [0.717, 1.165) is 37.5 Å². The SMILES string of the molecule is CCCO[Si](OCCC)(C1CCC(C)CC1)C1CCCC1(C)C. The van der Waals surface area contributed by atoms with Gasteiger partial charge in [0.1, 0.15) is 0 Å². The van der Waals surface area contributed by atoms with Gasteiger partial charge in [0.25, 0.3) is 0 Å². The van der Waals surface area contributed by atoms with Gasteiger partial charge in [0.2, 0.25) is 0 Å². The van der Waals surface area contributed by atoms with E-state index in [9.17, 15) is 0 Å². The van der Waals surface area contributed by atoms with Crippen molar-refractivity contribution in [2.24, 2.45) is 11.3 Å². The number of rotatable bonds is 8. The second kappa shape index (κ2) is 8.49. The van der Waals surface area contributed by atoms with Crippen LogP contribution in [-0.4, -0.2) is 21.8 Å². The van der Waals surface area contributed by atoms with Gasteiger partial charge in [-0.1, -0.05) is 53.9 Å². The molecule has 0 N–H and O–H groups in total. The fourth-order valence-electron chi connectivity index (χ4n) is 5.02. The van der Waals surface area contributed by atoms with Crippen LogP contribution in [0.4, 0.5) is 0 Å². The first-order chi connectivity index (χ1) is 11.0. The van der Waals surface area contributed by atoms with Crippen LogP contribution in [0.2, 0.25) is 11.1 Å². The van der Waals surface area contributed by atoms with Crippen LogP contribution < -0.4 is 0 Å². The van der Waals surface area contributed by atoms with E-state index >= 15 is 0 Å². The molecule has 0 amide bonds. The van der Waals surface area contributed by atoms with E-state index in [1.54, 1.807) is 0 Å². The lowest BCUT2D eigenvalue weighted by Crippen LogP contribution is -2.55. The molecule has 0 heterocycles. The molecule has 23 heavy (non-hydrogen) atoms. The second-order valence-corrected chi connectivity index (χ2v) is 12.3. The molecule has 0 aromatic rings. The molecule has 0 aliphatic heterocycles. The van der Waals surface area contributed by atoms with Gasteiger partial charge in [-0.2, -0.15) is 0 Å². The van der Waals surface area contributed by atoms with Crippen molar-refractivity contribution in [3.63, 3.8) is 0 Å². The van der Waals surface area contributed by atoms with E-state index in [-0.39, 0.29) is 0 Å². The van der Waals surface area contributed by atoms with Gasteiger partial charge < -0.3 is 8.85 Å². The standard InChI is InChI=1S/C20H40O2Si/c1-6-15-21-23(22-16-7-2,18-12-10-17(3)11-13-18)19-9-8-14-20(19,4)5/h17-19H,6-16H2,1-5H3. The lowest BCUT2D eigenvalue weighted by atomic mass is 9.90. The highest BCUT2D eigenvalue weighted by molar-refractivity contribution is 6.70. The van der Waals surface area contributed by atoms with Crippen LogP contribution in [0.25, 0.3) is 0 Å². The highest BCUT2D eigenvalue weighted by Gasteiger charge is 2.58. The highest BCUT2D eigenvalue weighted by atomic mass is 28.4. The molecule has 0 spiro atoms. The third kappa shape index (κ3) is 4.41. The van der Waals surface area contributed by atoms with Crippen molar-refractivity contribution in [2.75, 3.05) is 13.2 Å². The molecule has 0 bridgehead atoms. The normalized spacial score (nSPS) is 31.4. The Balaban J connectivity index is 2.28. The average molecular weight is 341 g/mol. The van der Waals surface area contributed by atoms with Crippen LogP contribution in [0, 0.1) is 11.3 Å². The Labute approximate surface area is 146 Å². The second-order valence-electron chi connectivity index (χ2n) is 8.81. The predicted molar refractivity (Wildman–Crippen MR) is 101 cm³/mol. The predicted octanol–water partition coefficient (Wildman–Crippen LogP) is 6.44. The fourth-order valence-corrected chi connectivity index (χ4v) is 10.6. The Morgan fingerprint density at radius 3 is 1.91 bits per heavy atom. The molecule has 0 aromatic carbocycles. The first-order valence-electron chi connectivity index (χ1n) is 10.2. The molecule has 0 aromatic heterocycles. The van der Waals surface area contributed by atoms with Crippen LogP contribution in [0.3, 0.4) is 0 Å². The van der Waals surface area contributed by atoms with E-state index in [0.29, 0.717) is 11.0 Å². The molecule has 2 rings (SSSR count). The van der Waals surface area contributed by atoms with E-state index < -0.39 is 8.56 Å². The number of hydrogen-bond donors (Lipinski definition) is 0. The Morgan fingerprint density at radius 1 is 0.913 bits per heavy atom. The van der Waals surface area contributed by atoms with Gasteiger partial charge in [0, 0.05) is 24.3 Å². The van der Waals surface area contributed by atoms with Crippen molar-refractivity contribution < 1.29 is 8.85 Å². The third-order valence-corrected chi connectivity index (χ3v) is 11.5. The Bertz CT molecular complexity index is 340. The Kier molecular flexibility index (Phi) is 7.18. The molecule has 2 aliphatic rings. The molecule has 0 radical (unpaired) electrons. The van der Waals surface area contributed by atoms with Crippen molar-refractivity contribution >= 4 is 8.56 Å². The van der Waals surface area contributed by atoms with E-state index in [4.69, 9.17) is 8.85 Å². The quantitative estimate of drug-likeness (QED) is 0.473. The summed E-state index contributed by atoms with van der Waals surface area (Å²) in [4.78, 5) is 0. The number of hydrogen-bond acceptors (Lipinski definition) is 2. The molecule has 1 atom stereocenters. The summed E-state index contributed by atoms with van der Waals surface area (Å²) >= 11 is 0. The fraction of sp³-hybridized carbons (Fsp3) is 1.00. The van der Waals surface area contributed by atoms with E-state index in [2.05, 4.69) is 34.6 Å². The van der Waals surface area contributed by atoms with Crippen molar-refractivity contribution in [3.8, 4) is 0 Å². The van der Waals surface area contributed by atoms with Gasteiger partial charge in [-0.25, -0.2) is 0 Å². The van der Waals surface area contributed by atoms with Gasteiger partial charge >= 0.3 is 8.56 Å². The lowest BCUT2D eigenvalue weighted by Gasteiger charge is -2.47. The Hall–Kier alpha value is 0.137. The van der Waals surface area contributed by atoms with Crippen molar-refractivity contribution in [1.82, 2.24) is 0 Å². The van der Waals surface area contributed by atoms with Gasteiger partial charge in [0.15, 0.2) is 0 Å². The molecule has 2 saturated carbocycles. The topological polar surface area (TPSA) is 18.5 Å². The molecule has 0 saturated heterocycles. The monoisotopic (exact) mass is 340 g/mol. The zero-order chi connectivity index (χ0) is 16.9. The van der Waals surface area contributed by atoms with Gasteiger partial charge in [0.05, 0.1) is 0 Å². The summed E-state index contributed by atoms with van der Waals surface area (Å²) in [7, 11) is -2.17. The minimum absolute atomic E-state index is 0.400. The average Bonchev–Trinajstić information content (AvgIpc) is 2.89. The minimum Gasteiger partial charge on any atom is -0.394 e. The molecular formula is C20H40O2Si. The molecule has 2 fully saturated rings. The maximum absolute atomic E-state index is 6.79. The largest absolute Gasteiger partial charge is 0.394 e. The van der Waals surface area contributed by atoms with Crippen molar-refractivity contribution in [1.29, 1.82) is 0 Å². The van der Waals surface area contributed by atoms with Gasteiger partial charge in [-0.05, 0) is 49.9 Å². The van der Waals surface area contributed by atoms with Gasteiger partial charge in [-0.3, -0.25) is 0 Å². The summed E-state index contributed by atoms with van der Waals surface area (Å²) in [6.07, 6.45) is 11.7. The zero-order valence-electron chi connectivity index (χ0n) is 16.3. The van der Waals surface area contributed by atoms with Crippen LogP contribution in [0.15, 0.2) is 0 Å². The zero-order valence-corrected chi connectivity index (χ0v) is 17.3. The maximum Gasteiger partial charge on any atom is 0.345 e. The van der Waals surface area contributed by atoms with Crippen LogP contribution in [-0.2, 0) is 8.85 Å². The summed E-state index contributed by atoms with van der Waals surface area (Å²) in [6.45, 7) is 13.6. The van der Waals surface area contributed by atoms with E-state index in [1.807, 2.05) is 0 Å². The third-order valence-electron chi connectivity index (χ3n) is 6.39. The van der Waals surface area contributed by atoms with Crippen molar-refractivity contribution in [3.05, 3.63) is 0 Å². The summed E-state index contributed by atoms with van der Waals surface area (Å²) in [6, 6.07) is 0. The van der Waals surface area contributed by atoms with Crippen molar-refractivity contribution in [2.45, 2.75) is 103 Å². The molecule has 3 heteroatoms. The highest BCUT2D eigenvalue weighted by Crippen LogP contribution is 2.58. The maximum atomic E-state index is 6.79. The molecule has 1 unspecified atom stereocenters. The lowest BCUT2D eigenvalue weighted by molar-refractivity contribution is 0.122. The minimum atomic E-state index is -2.17. The first-order valence-corrected chi connectivity index (χ1v) is 12.2. The first kappa shape index (κ1) is 19.5. The van der Waals surface area contributed by atoms with E-state index in [1.165, 1.54) is 44.9 Å². The van der Waals surface area contributed by atoms with Crippen LogP contribution >= 0.6 is 0 Å². The summed E-state index contributed by atoms with van der Waals surface area (Å²) in [5.74, 6) is 0.895. The molecule has 2 aliphatic carbocycles. The summed E-state index contributed by atoms with van der Waals surface area (Å²) in [5, 5.41) is 0. The van der Waals surface area contributed by atoms with Crippen LogP contribution in [0.1, 0.15) is 92.4 Å². The van der Waals surface area contributed by atoms with Gasteiger partial charge in [-0.15, -0.1) is 0 Å². The molecular weight excluding hydrogens is 300 g/mol. The summed E-state index contributed by atoms with van der Waals surface area (Å²) < 4.78 is 13.6. The van der Waals surface area contributed by atoms with Crippen LogP contribution in [0.5, 0.6) is 0 Å². The smallest absolute Gasteiger partial charge is 0.345 e. The molecule has 136 valence electrons. The Morgan fingerprint density at radius 2 is 1.48 bits per heavy atom.